The SMILES string of the molecule is C[C@@H](C(=O)O)N(F)c1ccc(O)c(O)c1. The number of carboxylic acids is 1. The van der Waals surface area contributed by atoms with Crippen molar-refractivity contribution in [1.29, 1.82) is 0 Å². The lowest BCUT2D eigenvalue weighted by Gasteiger charge is -2.18. The van der Waals surface area contributed by atoms with Gasteiger partial charge in [-0.15, -0.1) is 0 Å². The molecule has 1 atom stereocenters. The molecule has 0 radical (unpaired) electrons. The van der Waals surface area contributed by atoms with E-state index in [2.05, 4.69) is 0 Å². The van der Waals surface area contributed by atoms with Gasteiger partial charge in [0.05, 0.1) is 5.69 Å². The van der Waals surface area contributed by atoms with E-state index in [0.717, 1.165) is 25.1 Å². The first-order valence-corrected chi connectivity index (χ1v) is 4.13. The minimum absolute atomic E-state index is 0.0124. The standard InChI is InChI=1S/C9H10FNO4/c1-5(9(14)15)11(10)6-2-3-7(12)8(13)4-6/h2-5,12-13H,1H3,(H,14,15)/t5-/m0/s1. The number of nitrogens with zero attached hydrogens (tertiary/aromatic N) is 1. The number of phenols is 2. The van der Waals surface area contributed by atoms with Crippen LogP contribution in [-0.2, 0) is 4.79 Å². The number of hydrogen-bond acceptors (Lipinski definition) is 4. The summed E-state index contributed by atoms with van der Waals surface area (Å²) >= 11 is 0. The van der Waals surface area contributed by atoms with Crippen LogP contribution in [0.4, 0.5) is 10.2 Å². The van der Waals surface area contributed by atoms with Crippen LogP contribution in [0.1, 0.15) is 6.92 Å². The largest absolute Gasteiger partial charge is 0.504 e. The van der Waals surface area contributed by atoms with Crippen LogP contribution >= 0.6 is 0 Å². The Morgan fingerprint density at radius 3 is 2.47 bits per heavy atom. The number of hydrogen-bond donors (Lipinski definition) is 3. The molecule has 15 heavy (non-hydrogen) atoms. The van der Waals surface area contributed by atoms with E-state index in [9.17, 15) is 9.28 Å². The predicted molar refractivity (Wildman–Crippen MR) is 50.5 cm³/mol. The normalized spacial score (nSPS) is 12.1. The Bertz CT molecular complexity index is 382. The third-order valence-corrected chi connectivity index (χ3v) is 1.90. The Morgan fingerprint density at radius 1 is 1.40 bits per heavy atom. The second-order valence-electron chi connectivity index (χ2n) is 3.00. The van der Waals surface area contributed by atoms with Gasteiger partial charge >= 0.3 is 5.97 Å². The van der Waals surface area contributed by atoms with E-state index in [0.29, 0.717) is 0 Å². The first kappa shape index (κ1) is 11.1. The average Bonchev–Trinajstić information content (AvgIpc) is 2.19. The highest BCUT2D eigenvalue weighted by atomic mass is 19.2. The molecule has 0 saturated carbocycles. The molecule has 0 unspecified atom stereocenters. The fraction of sp³-hybridized carbons (Fsp3) is 0.222. The molecular weight excluding hydrogens is 205 g/mol. The molecular formula is C9H10FNO4. The van der Waals surface area contributed by atoms with Crippen molar-refractivity contribution in [2.24, 2.45) is 0 Å². The van der Waals surface area contributed by atoms with E-state index in [1.165, 1.54) is 0 Å². The number of benzene rings is 1. The summed E-state index contributed by atoms with van der Waals surface area (Å²) in [5.74, 6) is -2.23. The molecule has 0 spiro atoms. The van der Waals surface area contributed by atoms with Crippen molar-refractivity contribution in [2.75, 3.05) is 5.12 Å². The molecule has 0 amide bonds. The van der Waals surface area contributed by atoms with E-state index >= 15 is 0 Å². The van der Waals surface area contributed by atoms with Gasteiger partial charge in [-0.1, -0.05) is 4.48 Å². The van der Waals surface area contributed by atoms with Gasteiger partial charge in [0.2, 0.25) is 0 Å². The highest BCUT2D eigenvalue weighted by Gasteiger charge is 2.21. The number of halogens is 1. The van der Waals surface area contributed by atoms with Crippen LogP contribution < -0.4 is 5.12 Å². The van der Waals surface area contributed by atoms with Gasteiger partial charge in [0.15, 0.2) is 17.5 Å². The number of carboxylic acid groups (broad SMARTS) is 1. The maximum atomic E-state index is 13.4. The number of aliphatic carboxylic acids is 1. The molecule has 5 nitrogen and oxygen atoms in total. The van der Waals surface area contributed by atoms with Gasteiger partial charge in [-0.2, -0.15) is 5.12 Å². The van der Waals surface area contributed by atoms with E-state index in [1.807, 2.05) is 0 Å². The van der Waals surface area contributed by atoms with Crippen LogP contribution in [0.25, 0.3) is 0 Å². The van der Waals surface area contributed by atoms with Gasteiger partial charge in [0.1, 0.15) is 0 Å². The number of aromatic hydroxyl groups is 2. The number of carbonyl (C=O) groups is 1. The average molecular weight is 215 g/mol. The highest BCUT2D eigenvalue weighted by Crippen LogP contribution is 2.30. The van der Waals surface area contributed by atoms with Gasteiger partial charge in [-0.25, -0.2) is 4.79 Å². The molecule has 0 fully saturated rings. The smallest absolute Gasteiger partial charge is 0.328 e. The second-order valence-corrected chi connectivity index (χ2v) is 3.00. The van der Waals surface area contributed by atoms with Crippen molar-refractivity contribution in [3.05, 3.63) is 18.2 Å². The quantitative estimate of drug-likeness (QED) is 0.522. The van der Waals surface area contributed by atoms with Gasteiger partial charge < -0.3 is 15.3 Å². The zero-order valence-corrected chi connectivity index (χ0v) is 7.88. The molecule has 0 aliphatic rings. The van der Waals surface area contributed by atoms with Crippen LogP contribution in [-0.4, -0.2) is 27.3 Å². The molecule has 82 valence electrons. The summed E-state index contributed by atoms with van der Waals surface area (Å²) in [4.78, 5) is 10.5. The minimum atomic E-state index is -1.37. The third kappa shape index (κ3) is 2.28. The lowest BCUT2D eigenvalue weighted by molar-refractivity contribution is -0.138. The van der Waals surface area contributed by atoms with E-state index in [4.69, 9.17) is 15.3 Å². The van der Waals surface area contributed by atoms with Crippen LogP contribution in [0.5, 0.6) is 11.5 Å². The van der Waals surface area contributed by atoms with E-state index < -0.39 is 23.5 Å². The van der Waals surface area contributed by atoms with Gasteiger partial charge in [-0.05, 0) is 19.1 Å². The Labute approximate surface area is 84.9 Å². The first-order chi connectivity index (χ1) is 6.93. The molecule has 1 aromatic rings. The topological polar surface area (TPSA) is 81.0 Å². The minimum Gasteiger partial charge on any atom is -0.504 e. The lowest BCUT2D eigenvalue weighted by atomic mass is 10.2. The summed E-state index contributed by atoms with van der Waals surface area (Å²) in [5, 5.41) is 26.6. The molecule has 0 saturated heterocycles. The van der Waals surface area contributed by atoms with E-state index in [-0.39, 0.29) is 10.8 Å². The monoisotopic (exact) mass is 215 g/mol. The first-order valence-electron chi connectivity index (χ1n) is 4.13. The highest BCUT2D eigenvalue weighted by molar-refractivity contribution is 5.77. The Balaban J connectivity index is 2.96. The molecule has 0 aliphatic heterocycles. The molecule has 3 N–H and O–H groups in total. The number of phenolic OH excluding ortho intramolecular Hbond substituents is 2. The second kappa shape index (κ2) is 4.04. The van der Waals surface area contributed by atoms with Crippen LogP contribution in [0.15, 0.2) is 18.2 Å². The van der Waals surface area contributed by atoms with Crippen LogP contribution in [0.2, 0.25) is 0 Å². The van der Waals surface area contributed by atoms with E-state index in [1.54, 1.807) is 0 Å². The Hall–Kier alpha value is -1.98. The van der Waals surface area contributed by atoms with Crippen molar-refractivity contribution in [2.45, 2.75) is 13.0 Å². The molecule has 0 heterocycles. The molecule has 0 bridgehead atoms. The maximum absolute atomic E-state index is 13.4. The van der Waals surface area contributed by atoms with Crippen molar-refractivity contribution in [3.63, 3.8) is 0 Å². The summed E-state index contributed by atoms with van der Waals surface area (Å²) < 4.78 is 13.4. The molecule has 6 heteroatoms. The number of anilines is 1. The predicted octanol–water partition coefficient (Wildman–Crippen LogP) is 1.26. The summed E-state index contributed by atoms with van der Waals surface area (Å²) in [5.41, 5.74) is -0.139. The maximum Gasteiger partial charge on any atom is 0.328 e. The molecule has 0 aromatic heterocycles. The van der Waals surface area contributed by atoms with Crippen molar-refractivity contribution in [3.8, 4) is 11.5 Å². The fourth-order valence-corrected chi connectivity index (χ4v) is 0.965. The van der Waals surface area contributed by atoms with Gasteiger partial charge in [0.25, 0.3) is 0 Å². The van der Waals surface area contributed by atoms with Crippen LogP contribution in [0, 0.1) is 0 Å². The lowest BCUT2D eigenvalue weighted by Crippen LogP contribution is -2.32. The van der Waals surface area contributed by atoms with Crippen molar-refractivity contribution >= 4 is 11.7 Å². The van der Waals surface area contributed by atoms with Crippen molar-refractivity contribution < 1.29 is 24.6 Å². The Morgan fingerprint density at radius 2 is 2.00 bits per heavy atom. The Kier molecular flexibility index (Phi) is 2.99. The zero-order valence-electron chi connectivity index (χ0n) is 7.88. The summed E-state index contributed by atoms with van der Waals surface area (Å²) in [7, 11) is 0. The molecule has 1 rings (SSSR count). The van der Waals surface area contributed by atoms with Crippen molar-refractivity contribution in [1.82, 2.24) is 0 Å². The third-order valence-electron chi connectivity index (χ3n) is 1.90. The molecule has 1 aromatic carbocycles. The fourth-order valence-electron chi connectivity index (χ4n) is 0.965. The van der Waals surface area contributed by atoms with Gasteiger partial charge in [0, 0.05) is 6.07 Å². The number of rotatable bonds is 3. The molecule has 0 aliphatic carbocycles. The van der Waals surface area contributed by atoms with Gasteiger partial charge in [-0.3, -0.25) is 0 Å². The van der Waals surface area contributed by atoms with Crippen LogP contribution in [0.3, 0.4) is 0 Å². The summed E-state index contributed by atoms with van der Waals surface area (Å²) in [6.07, 6.45) is 0. The summed E-state index contributed by atoms with van der Waals surface area (Å²) in [6, 6.07) is 1.81. The summed E-state index contributed by atoms with van der Waals surface area (Å²) in [6.45, 7) is 1.16. The zero-order chi connectivity index (χ0) is 11.6.